The third kappa shape index (κ3) is 4.23. The molecule has 1 aromatic heterocycles. The lowest BCUT2D eigenvalue weighted by Crippen LogP contribution is -2.31. The molecular formula is C19H17ClFN3O3S. The molecule has 0 spiro atoms. The van der Waals surface area contributed by atoms with E-state index in [4.69, 9.17) is 11.6 Å². The summed E-state index contributed by atoms with van der Waals surface area (Å²) in [6.07, 6.45) is 4.33. The molecule has 6 nitrogen and oxygen atoms in total. The number of rotatable bonds is 5. The van der Waals surface area contributed by atoms with Crippen LogP contribution in [0.3, 0.4) is 0 Å². The SMILES string of the molecule is Cn1ccnc1C(NC(=O)c1ccc(Cl)c(S(C)(=O)=O)c1)c1ccc(F)cc1. The zero-order valence-corrected chi connectivity index (χ0v) is 16.6. The molecule has 0 aliphatic carbocycles. The first-order valence-electron chi connectivity index (χ1n) is 8.20. The van der Waals surface area contributed by atoms with Crippen molar-refractivity contribution < 1.29 is 17.6 Å². The molecule has 1 heterocycles. The second-order valence-electron chi connectivity index (χ2n) is 6.27. The van der Waals surface area contributed by atoms with Crippen molar-refractivity contribution in [1.82, 2.24) is 14.9 Å². The van der Waals surface area contributed by atoms with E-state index in [9.17, 15) is 17.6 Å². The van der Waals surface area contributed by atoms with E-state index >= 15 is 0 Å². The van der Waals surface area contributed by atoms with Crippen LogP contribution in [0.1, 0.15) is 27.8 Å². The Labute approximate surface area is 166 Å². The number of hydrogen-bond donors (Lipinski definition) is 1. The lowest BCUT2D eigenvalue weighted by Gasteiger charge is -2.19. The molecule has 3 aromatic rings. The highest BCUT2D eigenvalue weighted by molar-refractivity contribution is 7.90. The smallest absolute Gasteiger partial charge is 0.252 e. The summed E-state index contributed by atoms with van der Waals surface area (Å²) < 4.78 is 38.8. The third-order valence-corrected chi connectivity index (χ3v) is 5.77. The average Bonchev–Trinajstić information content (AvgIpc) is 3.05. The van der Waals surface area contributed by atoms with Crippen LogP contribution < -0.4 is 5.32 Å². The van der Waals surface area contributed by atoms with E-state index in [0.29, 0.717) is 11.4 Å². The van der Waals surface area contributed by atoms with Crippen LogP contribution >= 0.6 is 11.6 Å². The highest BCUT2D eigenvalue weighted by Gasteiger charge is 2.23. The molecule has 0 saturated carbocycles. The van der Waals surface area contributed by atoms with Gasteiger partial charge in [0, 0.05) is 31.3 Å². The summed E-state index contributed by atoms with van der Waals surface area (Å²) >= 11 is 5.94. The predicted molar refractivity (Wildman–Crippen MR) is 103 cm³/mol. The topological polar surface area (TPSA) is 81.1 Å². The largest absolute Gasteiger partial charge is 0.338 e. The van der Waals surface area contributed by atoms with E-state index in [1.807, 2.05) is 0 Å². The maximum absolute atomic E-state index is 13.3. The fraction of sp³-hybridized carbons (Fsp3) is 0.158. The van der Waals surface area contributed by atoms with Crippen LogP contribution in [0.4, 0.5) is 4.39 Å². The van der Waals surface area contributed by atoms with Gasteiger partial charge in [0.2, 0.25) is 0 Å². The van der Waals surface area contributed by atoms with Gasteiger partial charge in [-0.1, -0.05) is 23.7 Å². The Hall–Kier alpha value is -2.71. The molecule has 1 atom stereocenters. The van der Waals surface area contributed by atoms with Crippen LogP contribution in [0, 0.1) is 5.82 Å². The van der Waals surface area contributed by atoms with Gasteiger partial charge in [0.1, 0.15) is 17.7 Å². The molecule has 0 aliphatic heterocycles. The van der Waals surface area contributed by atoms with Gasteiger partial charge in [-0.15, -0.1) is 0 Å². The van der Waals surface area contributed by atoms with E-state index in [1.54, 1.807) is 36.1 Å². The van der Waals surface area contributed by atoms with Crippen LogP contribution in [-0.2, 0) is 16.9 Å². The van der Waals surface area contributed by atoms with Gasteiger partial charge < -0.3 is 9.88 Å². The van der Waals surface area contributed by atoms with Crippen molar-refractivity contribution in [3.8, 4) is 0 Å². The molecule has 2 aromatic carbocycles. The van der Waals surface area contributed by atoms with Gasteiger partial charge in [0.25, 0.3) is 5.91 Å². The van der Waals surface area contributed by atoms with Crippen molar-refractivity contribution in [2.24, 2.45) is 7.05 Å². The summed E-state index contributed by atoms with van der Waals surface area (Å²) in [6.45, 7) is 0. The normalized spacial score (nSPS) is 12.6. The Bertz CT molecular complexity index is 1130. The Balaban J connectivity index is 1.99. The quantitative estimate of drug-likeness (QED) is 0.686. The van der Waals surface area contributed by atoms with Gasteiger partial charge in [0.05, 0.1) is 9.92 Å². The van der Waals surface area contributed by atoms with Gasteiger partial charge >= 0.3 is 0 Å². The van der Waals surface area contributed by atoms with Crippen LogP contribution in [0.25, 0.3) is 0 Å². The number of sulfone groups is 1. The molecule has 146 valence electrons. The molecule has 0 aliphatic rings. The minimum Gasteiger partial charge on any atom is -0.338 e. The molecule has 1 amide bonds. The third-order valence-electron chi connectivity index (χ3n) is 4.19. The zero-order chi connectivity index (χ0) is 20.5. The zero-order valence-electron chi connectivity index (χ0n) is 15.1. The minimum atomic E-state index is -3.59. The molecule has 1 unspecified atom stereocenters. The Morgan fingerprint density at radius 2 is 1.89 bits per heavy atom. The summed E-state index contributed by atoms with van der Waals surface area (Å²) in [5.41, 5.74) is 0.757. The summed E-state index contributed by atoms with van der Waals surface area (Å²) in [5, 5.41) is 2.87. The number of aromatic nitrogens is 2. The maximum Gasteiger partial charge on any atom is 0.252 e. The lowest BCUT2D eigenvalue weighted by atomic mass is 10.1. The number of halogens is 2. The van der Waals surface area contributed by atoms with E-state index < -0.39 is 27.6 Å². The van der Waals surface area contributed by atoms with Crippen molar-refractivity contribution in [2.45, 2.75) is 10.9 Å². The number of benzene rings is 2. The second kappa shape index (κ2) is 7.73. The summed E-state index contributed by atoms with van der Waals surface area (Å²) in [7, 11) is -1.82. The van der Waals surface area contributed by atoms with Gasteiger partial charge in [-0.25, -0.2) is 17.8 Å². The number of imidazole rings is 1. The number of nitrogens with zero attached hydrogens (tertiary/aromatic N) is 2. The summed E-state index contributed by atoms with van der Waals surface area (Å²) in [4.78, 5) is 17.0. The number of carbonyl (C=O) groups excluding carboxylic acids is 1. The molecule has 9 heteroatoms. The van der Waals surface area contributed by atoms with Crippen LogP contribution in [-0.4, -0.2) is 30.1 Å². The lowest BCUT2D eigenvalue weighted by molar-refractivity contribution is 0.0941. The maximum atomic E-state index is 13.3. The fourth-order valence-electron chi connectivity index (χ4n) is 2.75. The van der Waals surface area contributed by atoms with Crippen molar-refractivity contribution in [3.05, 3.63) is 82.6 Å². The highest BCUT2D eigenvalue weighted by Crippen LogP contribution is 2.25. The first-order chi connectivity index (χ1) is 13.2. The molecule has 28 heavy (non-hydrogen) atoms. The van der Waals surface area contributed by atoms with Gasteiger partial charge in [-0.3, -0.25) is 4.79 Å². The first-order valence-corrected chi connectivity index (χ1v) is 10.5. The second-order valence-corrected chi connectivity index (χ2v) is 8.66. The average molecular weight is 422 g/mol. The Kier molecular flexibility index (Phi) is 5.53. The highest BCUT2D eigenvalue weighted by atomic mass is 35.5. The van der Waals surface area contributed by atoms with Crippen molar-refractivity contribution in [1.29, 1.82) is 0 Å². The molecule has 0 fully saturated rings. The first kappa shape index (κ1) is 20.0. The Morgan fingerprint density at radius 1 is 1.21 bits per heavy atom. The van der Waals surface area contributed by atoms with E-state index in [0.717, 1.165) is 6.26 Å². The number of hydrogen-bond acceptors (Lipinski definition) is 4. The van der Waals surface area contributed by atoms with Crippen molar-refractivity contribution in [3.63, 3.8) is 0 Å². The number of amides is 1. The van der Waals surface area contributed by atoms with Gasteiger partial charge in [0.15, 0.2) is 9.84 Å². The number of nitrogens with one attached hydrogen (secondary N) is 1. The Morgan fingerprint density at radius 3 is 2.46 bits per heavy atom. The number of carbonyl (C=O) groups is 1. The molecule has 0 radical (unpaired) electrons. The van der Waals surface area contributed by atoms with Crippen molar-refractivity contribution in [2.75, 3.05) is 6.26 Å². The molecule has 1 N–H and O–H groups in total. The van der Waals surface area contributed by atoms with Crippen LogP contribution in [0.2, 0.25) is 5.02 Å². The van der Waals surface area contributed by atoms with Gasteiger partial charge in [-0.2, -0.15) is 0 Å². The molecule has 0 bridgehead atoms. The van der Waals surface area contributed by atoms with Crippen LogP contribution in [0.5, 0.6) is 0 Å². The fourth-order valence-corrected chi connectivity index (χ4v) is 4.05. The van der Waals surface area contributed by atoms with Crippen LogP contribution in [0.15, 0.2) is 59.8 Å². The van der Waals surface area contributed by atoms with E-state index in [2.05, 4.69) is 10.3 Å². The number of aryl methyl sites for hydroxylation is 1. The van der Waals surface area contributed by atoms with Crippen molar-refractivity contribution >= 4 is 27.3 Å². The summed E-state index contributed by atoms with van der Waals surface area (Å²) in [6, 6.07) is 9.06. The minimum absolute atomic E-state index is 0.0400. The predicted octanol–water partition coefficient (Wildman–Crippen LogP) is 3.14. The monoisotopic (exact) mass is 421 g/mol. The van der Waals surface area contributed by atoms with Gasteiger partial charge in [-0.05, 0) is 35.9 Å². The summed E-state index contributed by atoms with van der Waals surface area (Å²) in [5.74, 6) is -0.375. The molecular weight excluding hydrogens is 405 g/mol. The van der Waals surface area contributed by atoms with E-state index in [1.165, 1.54) is 30.3 Å². The van der Waals surface area contributed by atoms with E-state index in [-0.39, 0.29) is 15.5 Å². The molecule has 3 rings (SSSR count). The standard InChI is InChI=1S/C19H17ClFN3O3S/c1-24-10-9-22-18(24)17(12-3-6-14(21)7-4-12)23-19(25)13-5-8-15(20)16(11-13)28(2,26)27/h3-11,17H,1-2H3,(H,23,25). The molecule has 0 saturated heterocycles.